The van der Waals surface area contributed by atoms with Crippen molar-refractivity contribution in [2.45, 2.75) is 19.1 Å². The van der Waals surface area contributed by atoms with Gasteiger partial charge in [0.05, 0.1) is 6.10 Å². The molecule has 2 amide bonds. The lowest BCUT2D eigenvalue weighted by Crippen LogP contribution is -2.49. The second-order valence-corrected chi connectivity index (χ2v) is 4.72. The summed E-state index contributed by atoms with van der Waals surface area (Å²) in [6.45, 7) is 1.30. The first-order valence-electron chi connectivity index (χ1n) is 6.44. The lowest BCUT2D eigenvalue weighted by Gasteiger charge is -2.17. The molecule has 2 atom stereocenters. The first kappa shape index (κ1) is 14.8. The SMILES string of the molecule is C[C@@H](O)[C@H](NC(=O)Nc1ccc2ccccc2c1)C(=O)O. The Bertz CT molecular complexity index is 670. The number of rotatable bonds is 4. The van der Waals surface area contributed by atoms with Gasteiger partial charge in [-0.05, 0) is 29.8 Å². The molecule has 0 fully saturated rings. The second kappa shape index (κ2) is 6.23. The summed E-state index contributed by atoms with van der Waals surface area (Å²) in [5, 5.41) is 25.0. The summed E-state index contributed by atoms with van der Waals surface area (Å²) in [5.41, 5.74) is 0.543. The minimum absolute atomic E-state index is 0.543. The van der Waals surface area contributed by atoms with Crippen LogP contribution in [0.4, 0.5) is 10.5 Å². The molecule has 0 aliphatic heterocycles. The number of fused-ring (bicyclic) bond motifs is 1. The first-order chi connectivity index (χ1) is 9.97. The highest BCUT2D eigenvalue weighted by Gasteiger charge is 2.24. The highest BCUT2D eigenvalue weighted by atomic mass is 16.4. The molecule has 0 heterocycles. The number of carbonyl (C=O) groups excluding carboxylic acids is 1. The molecule has 0 aromatic heterocycles. The zero-order valence-electron chi connectivity index (χ0n) is 11.4. The number of aliphatic hydroxyl groups is 1. The van der Waals surface area contributed by atoms with E-state index < -0.39 is 24.1 Å². The Morgan fingerprint density at radius 3 is 2.38 bits per heavy atom. The molecular weight excluding hydrogens is 272 g/mol. The molecular formula is C15H16N2O4. The average Bonchev–Trinajstić information content (AvgIpc) is 2.44. The Morgan fingerprint density at radius 2 is 1.76 bits per heavy atom. The van der Waals surface area contributed by atoms with Crippen LogP contribution in [0.15, 0.2) is 42.5 Å². The summed E-state index contributed by atoms with van der Waals surface area (Å²) in [5.74, 6) is -1.29. The molecule has 6 heteroatoms. The van der Waals surface area contributed by atoms with E-state index in [0.29, 0.717) is 5.69 Å². The molecule has 2 rings (SSSR count). The predicted molar refractivity (Wildman–Crippen MR) is 79.2 cm³/mol. The number of carboxylic acids is 1. The lowest BCUT2D eigenvalue weighted by molar-refractivity contribution is -0.141. The predicted octanol–water partition coefficient (Wildman–Crippen LogP) is 1.80. The molecule has 0 saturated carbocycles. The van der Waals surface area contributed by atoms with Crippen molar-refractivity contribution < 1.29 is 19.8 Å². The summed E-state index contributed by atoms with van der Waals surface area (Å²) < 4.78 is 0. The van der Waals surface area contributed by atoms with E-state index >= 15 is 0 Å². The number of carbonyl (C=O) groups is 2. The van der Waals surface area contributed by atoms with Crippen molar-refractivity contribution in [3.8, 4) is 0 Å². The van der Waals surface area contributed by atoms with Crippen LogP contribution in [0.1, 0.15) is 6.92 Å². The van der Waals surface area contributed by atoms with Crippen molar-refractivity contribution in [3.05, 3.63) is 42.5 Å². The van der Waals surface area contributed by atoms with Gasteiger partial charge in [0.15, 0.2) is 6.04 Å². The summed E-state index contributed by atoms with van der Waals surface area (Å²) in [4.78, 5) is 22.7. The van der Waals surface area contributed by atoms with Gasteiger partial charge in [0.2, 0.25) is 0 Å². The number of benzene rings is 2. The fourth-order valence-electron chi connectivity index (χ4n) is 1.96. The fraction of sp³-hybridized carbons (Fsp3) is 0.200. The van der Waals surface area contributed by atoms with E-state index in [1.165, 1.54) is 6.92 Å². The van der Waals surface area contributed by atoms with Gasteiger partial charge in [-0.15, -0.1) is 0 Å². The van der Waals surface area contributed by atoms with Crippen LogP contribution in [-0.2, 0) is 4.79 Å². The van der Waals surface area contributed by atoms with E-state index in [4.69, 9.17) is 5.11 Å². The molecule has 0 unspecified atom stereocenters. The van der Waals surface area contributed by atoms with Crippen LogP contribution < -0.4 is 10.6 Å². The number of amides is 2. The maximum atomic E-state index is 11.8. The van der Waals surface area contributed by atoms with Crippen LogP contribution in [0, 0.1) is 0 Å². The number of anilines is 1. The number of aliphatic hydroxyl groups excluding tert-OH is 1. The van der Waals surface area contributed by atoms with Crippen molar-refractivity contribution in [1.29, 1.82) is 0 Å². The van der Waals surface area contributed by atoms with Gasteiger partial charge in [-0.3, -0.25) is 0 Å². The van der Waals surface area contributed by atoms with Crippen LogP contribution in [0.2, 0.25) is 0 Å². The van der Waals surface area contributed by atoms with Gasteiger partial charge >= 0.3 is 12.0 Å². The molecule has 0 saturated heterocycles. The molecule has 0 radical (unpaired) electrons. The number of aliphatic carboxylic acids is 1. The van der Waals surface area contributed by atoms with Crippen LogP contribution in [0.5, 0.6) is 0 Å². The Hall–Kier alpha value is -2.60. The third-order valence-electron chi connectivity index (χ3n) is 3.04. The summed E-state index contributed by atoms with van der Waals surface area (Å²) in [6, 6.07) is 11.0. The maximum Gasteiger partial charge on any atom is 0.328 e. The number of carboxylic acid groups (broad SMARTS) is 1. The van der Waals surface area contributed by atoms with Crippen molar-refractivity contribution in [3.63, 3.8) is 0 Å². The Balaban J connectivity index is 2.08. The molecule has 2 aromatic rings. The van der Waals surface area contributed by atoms with Gasteiger partial charge in [0.1, 0.15) is 0 Å². The minimum atomic E-state index is -1.36. The Labute approximate surface area is 121 Å². The number of hydrogen-bond acceptors (Lipinski definition) is 3. The zero-order valence-corrected chi connectivity index (χ0v) is 11.4. The van der Waals surface area contributed by atoms with E-state index in [9.17, 15) is 14.7 Å². The molecule has 0 bridgehead atoms. The first-order valence-corrected chi connectivity index (χ1v) is 6.44. The molecule has 0 aliphatic rings. The van der Waals surface area contributed by atoms with Crippen LogP contribution in [-0.4, -0.2) is 34.4 Å². The highest BCUT2D eigenvalue weighted by Crippen LogP contribution is 2.18. The molecule has 6 nitrogen and oxygen atoms in total. The average molecular weight is 288 g/mol. The van der Waals surface area contributed by atoms with E-state index in [-0.39, 0.29) is 0 Å². The highest BCUT2D eigenvalue weighted by molar-refractivity contribution is 5.95. The van der Waals surface area contributed by atoms with Crippen molar-refractivity contribution in [2.75, 3.05) is 5.32 Å². The third kappa shape index (κ3) is 3.70. The van der Waals surface area contributed by atoms with Gasteiger partial charge in [-0.1, -0.05) is 30.3 Å². The second-order valence-electron chi connectivity index (χ2n) is 4.72. The summed E-state index contributed by atoms with van der Waals surface area (Å²) in [7, 11) is 0. The van der Waals surface area contributed by atoms with Crippen molar-refractivity contribution >= 4 is 28.5 Å². The number of nitrogens with one attached hydrogen (secondary N) is 2. The lowest BCUT2D eigenvalue weighted by atomic mass is 10.1. The van der Waals surface area contributed by atoms with Gasteiger partial charge in [-0.2, -0.15) is 0 Å². The van der Waals surface area contributed by atoms with Crippen LogP contribution in [0.3, 0.4) is 0 Å². The fourth-order valence-corrected chi connectivity index (χ4v) is 1.96. The minimum Gasteiger partial charge on any atom is -0.480 e. The Kier molecular flexibility index (Phi) is 4.39. The van der Waals surface area contributed by atoms with Crippen LogP contribution in [0.25, 0.3) is 10.8 Å². The Morgan fingerprint density at radius 1 is 1.10 bits per heavy atom. The molecule has 0 spiro atoms. The molecule has 4 N–H and O–H groups in total. The van der Waals surface area contributed by atoms with Gasteiger partial charge in [0, 0.05) is 5.69 Å². The number of urea groups is 1. The van der Waals surface area contributed by atoms with Gasteiger partial charge < -0.3 is 20.8 Å². The van der Waals surface area contributed by atoms with E-state index in [0.717, 1.165) is 10.8 Å². The molecule has 21 heavy (non-hydrogen) atoms. The third-order valence-corrected chi connectivity index (χ3v) is 3.04. The maximum absolute atomic E-state index is 11.8. The summed E-state index contributed by atoms with van der Waals surface area (Å²) >= 11 is 0. The quantitative estimate of drug-likeness (QED) is 0.689. The molecule has 2 aromatic carbocycles. The smallest absolute Gasteiger partial charge is 0.328 e. The van der Waals surface area contributed by atoms with Crippen molar-refractivity contribution in [1.82, 2.24) is 5.32 Å². The largest absolute Gasteiger partial charge is 0.480 e. The van der Waals surface area contributed by atoms with E-state index in [1.807, 2.05) is 30.3 Å². The summed E-state index contributed by atoms with van der Waals surface area (Å²) in [6.07, 6.45) is -1.19. The standard InChI is InChI=1S/C15H16N2O4/c1-9(18)13(14(19)20)17-15(21)16-12-7-6-10-4-2-3-5-11(10)8-12/h2-9,13,18H,1H3,(H,19,20)(H2,16,17,21)/t9-,13+/m1/s1. The van der Waals surface area contributed by atoms with Gasteiger partial charge in [-0.25, -0.2) is 9.59 Å². The van der Waals surface area contributed by atoms with Crippen LogP contribution >= 0.6 is 0 Å². The molecule has 0 aliphatic carbocycles. The van der Waals surface area contributed by atoms with E-state index in [2.05, 4.69) is 10.6 Å². The monoisotopic (exact) mass is 288 g/mol. The number of hydrogen-bond donors (Lipinski definition) is 4. The van der Waals surface area contributed by atoms with E-state index in [1.54, 1.807) is 12.1 Å². The normalized spacial score (nSPS) is 13.4. The zero-order chi connectivity index (χ0) is 15.4. The van der Waals surface area contributed by atoms with Gasteiger partial charge in [0.25, 0.3) is 0 Å². The topological polar surface area (TPSA) is 98.7 Å². The van der Waals surface area contributed by atoms with Crippen molar-refractivity contribution in [2.24, 2.45) is 0 Å². The molecule has 110 valence electrons.